The summed E-state index contributed by atoms with van der Waals surface area (Å²) < 4.78 is 86.7. The summed E-state index contributed by atoms with van der Waals surface area (Å²) in [6, 6.07) is 0. The molecular weight excluding hydrogens is 309 g/mol. The van der Waals surface area contributed by atoms with Crippen LogP contribution >= 0.6 is 0 Å². The molecule has 0 atom stereocenters. The van der Waals surface area contributed by atoms with Crippen LogP contribution < -0.4 is 17.0 Å². The molecule has 0 bridgehead atoms. The first kappa shape index (κ1) is 15.2. The second-order valence-corrected chi connectivity index (χ2v) is 2.75. The summed E-state index contributed by atoms with van der Waals surface area (Å²) in [5, 5.41) is 0. The van der Waals surface area contributed by atoms with Gasteiger partial charge in [-0.1, -0.05) is 0 Å². The highest BCUT2D eigenvalue weighted by atomic mass is 79.9. The number of hydrogen-bond donors (Lipinski definition) is 0. The van der Waals surface area contributed by atoms with Crippen molar-refractivity contribution in [2.24, 2.45) is 0 Å². The molecule has 16 heavy (non-hydrogen) atoms. The number of halogens is 8. The first-order valence-corrected chi connectivity index (χ1v) is 3.57. The van der Waals surface area contributed by atoms with Crippen molar-refractivity contribution >= 4 is 0 Å². The quantitative estimate of drug-likeness (QED) is 0.485. The molecule has 0 saturated carbocycles. The van der Waals surface area contributed by atoms with E-state index in [1.165, 1.54) is 0 Å². The maximum absolute atomic E-state index is 12.7. The van der Waals surface area contributed by atoms with Crippen molar-refractivity contribution in [1.29, 1.82) is 0 Å². The Bertz CT molecular complexity index is 381. The molecule has 0 aliphatic carbocycles. The van der Waals surface area contributed by atoms with Gasteiger partial charge in [0.15, 0.2) is 23.3 Å². The monoisotopic (exact) mass is 311 g/mol. The van der Waals surface area contributed by atoms with E-state index < -0.39 is 40.6 Å². The van der Waals surface area contributed by atoms with E-state index in [9.17, 15) is 30.7 Å². The molecule has 92 valence electrons. The maximum Gasteiger partial charge on any atom is 0.422 e. The van der Waals surface area contributed by atoms with E-state index in [2.05, 4.69) is 0 Å². The third-order valence-corrected chi connectivity index (χ3v) is 1.77. The first-order chi connectivity index (χ1) is 6.68. The highest BCUT2D eigenvalue weighted by Gasteiger charge is 2.41. The zero-order valence-electron chi connectivity index (χ0n) is 7.52. The maximum atomic E-state index is 12.7. The molecule has 0 N–H and O–H groups in total. The Balaban J connectivity index is 0.00000225. The van der Waals surface area contributed by atoms with Crippen molar-refractivity contribution in [3.63, 3.8) is 0 Å². The van der Waals surface area contributed by atoms with Gasteiger partial charge in [-0.3, -0.25) is 0 Å². The van der Waals surface area contributed by atoms with Gasteiger partial charge in [0.2, 0.25) is 0 Å². The van der Waals surface area contributed by atoms with E-state index in [1.807, 2.05) is 0 Å². The Morgan fingerprint density at radius 1 is 0.750 bits per heavy atom. The fourth-order valence-electron chi connectivity index (χ4n) is 0.990. The van der Waals surface area contributed by atoms with Gasteiger partial charge >= 0.3 is 6.18 Å². The van der Waals surface area contributed by atoms with Crippen LogP contribution in [0.15, 0.2) is 0 Å². The second-order valence-electron chi connectivity index (χ2n) is 2.75. The molecule has 0 spiro atoms. The largest absolute Gasteiger partial charge is 1.00 e. The summed E-state index contributed by atoms with van der Waals surface area (Å²) in [7, 11) is 0. The van der Waals surface area contributed by atoms with E-state index >= 15 is 0 Å². The summed E-state index contributed by atoms with van der Waals surface area (Å²) in [6.45, 7) is 0.636. The molecule has 0 aromatic heterocycles. The molecule has 0 aliphatic heterocycles. The van der Waals surface area contributed by atoms with Crippen LogP contribution in [0.3, 0.4) is 0 Å². The fraction of sp³-hybridized carbons (Fsp3) is 0.250. The average molecular weight is 312 g/mol. The van der Waals surface area contributed by atoms with Gasteiger partial charge in [-0.2, -0.15) is 13.2 Å². The standard InChI is InChI=1S/C8H3F7.BrH/c1-2-4(9)6(11)3(8(13,14)15)7(12)5(2)10;/h1H3;1H/p-1. The van der Waals surface area contributed by atoms with Crippen molar-refractivity contribution < 1.29 is 47.7 Å². The van der Waals surface area contributed by atoms with Gasteiger partial charge in [-0.25, -0.2) is 17.6 Å². The Kier molecular flexibility index (Phi) is 4.38. The lowest BCUT2D eigenvalue weighted by Gasteiger charge is -2.11. The van der Waals surface area contributed by atoms with Crippen LogP contribution in [-0.4, -0.2) is 0 Å². The summed E-state index contributed by atoms with van der Waals surface area (Å²) in [6.07, 6.45) is -5.48. The topological polar surface area (TPSA) is 0 Å². The second kappa shape index (κ2) is 4.60. The van der Waals surface area contributed by atoms with Crippen LogP contribution in [0.25, 0.3) is 0 Å². The molecule has 0 fully saturated rings. The van der Waals surface area contributed by atoms with Gasteiger partial charge in [0, 0.05) is 5.56 Å². The van der Waals surface area contributed by atoms with Crippen molar-refractivity contribution in [3.8, 4) is 0 Å². The number of rotatable bonds is 0. The minimum absolute atomic E-state index is 0. The molecular formula is C8H3BrF7-. The molecule has 0 saturated heterocycles. The smallest absolute Gasteiger partial charge is 0.422 e. The fourth-order valence-corrected chi connectivity index (χ4v) is 0.990. The molecule has 0 nitrogen and oxygen atoms in total. The average Bonchev–Trinajstić information content (AvgIpc) is 2.09. The molecule has 0 heterocycles. The Morgan fingerprint density at radius 2 is 1.06 bits per heavy atom. The van der Waals surface area contributed by atoms with E-state index in [0.29, 0.717) is 6.92 Å². The Hall–Kier alpha value is -0.790. The highest BCUT2D eigenvalue weighted by Crippen LogP contribution is 2.36. The predicted molar refractivity (Wildman–Crippen MR) is 36.0 cm³/mol. The van der Waals surface area contributed by atoms with Gasteiger partial charge < -0.3 is 17.0 Å². The van der Waals surface area contributed by atoms with Crippen LogP contribution in [-0.2, 0) is 6.18 Å². The molecule has 1 rings (SSSR count). The van der Waals surface area contributed by atoms with Crippen LogP contribution in [0.2, 0.25) is 0 Å². The van der Waals surface area contributed by atoms with Gasteiger partial charge in [0.1, 0.15) is 5.56 Å². The minimum Gasteiger partial charge on any atom is -1.00 e. The van der Waals surface area contributed by atoms with Crippen LogP contribution in [0, 0.1) is 30.2 Å². The van der Waals surface area contributed by atoms with Gasteiger partial charge in [-0.15, -0.1) is 0 Å². The molecule has 0 radical (unpaired) electrons. The Morgan fingerprint density at radius 3 is 1.31 bits per heavy atom. The Labute approximate surface area is 95.8 Å². The lowest BCUT2D eigenvalue weighted by atomic mass is 10.1. The normalized spacial score (nSPS) is 11.2. The summed E-state index contributed by atoms with van der Waals surface area (Å²) in [5.74, 6) is -8.94. The summed E-state index contributed by atoms with van der Waals surface area (Å²) in [4.78, 5) is 0. The lowest BCUT2D eigenvalue weighted by molar-refractivity contribution is -0.143. The zero-order valence-corrected chi connectivity index (χ0v) is 9.11. The molecule has 0 aliphatic rings. The van der Waals surface area contributed by atoms with Crippen LogP contribution in [0.4, 0.5) is 30.7 Å². The van der Waals surface area contributed by atoms with E-state index in [-0.39, 0.29) is 17.0 Å². The predicted octanol–water partition coefficient (Wildman–Crippen LogP) is 0.574. The summed E-state index contributed by atoms with van der Waals surface area (Å²) >= 11 is 0. The van der Waals surface area contributed by atoms with Gasteiger partial charge in [0.05, 0.1) is 0 Å². The van der Waals surface area contributed by atoms with Gasteiger partial charge in [-0.05, 0) is 6.92 Å². The minimum atomic E-state index is -5.48. The van der Waals surface area contributed by atoms with Crippen molar-refractivity contribution in [2.75, 3.05) is 0 Å². The van der Waals surface area contributed by atoms with E-state index in [1.54, 1.807) is 0 Å². The highest BCUT2D eigenvalue weighted by molar-refractivity contribution is 5.30. The van der Waals surface area contributed by atoms with Crippen LogP contribution in [0.5, 0.6) is 0 Å². The number of hydrogen-bond acceptors (Lipinski definition) is 0. The SMILES string of the molecule is Cc1c(F)c(F)c(C(F)(F)F)c(F)c1F.[Br-]. The van der Waals surface area contributed by atoms with E-state index in [4.69, 9.17) is 0 Å². The van der Waals surface area contributed by atoms with Crippen molar-refractivity contribution in [1.82, 2.24) is 0 Å². The zero-order chi connectivity index (χ0) is 12.0. The molecule has 1 aromatic rings. The number of benzene rings is 1. The summed E-state index contributed by atoms with van der Waals surface area (Å²) in [5.41, 5.74) is -3.68. The lowest BCUT2D eigenvalue weighted by Crippen LogP contribution is -3.00. The third kappa shape index (κ3) is 2.31. The van der Waals surface area contributed by atoms with Crippen molar-refractivity contribution in [3.05, 3.63) is 34.4 Å². The third-order valence-electron chi connectivity index (χ3n) is 1.77. The molecule has 0 unspecified atom stereocenters. The molecule has 1 aromatic carbocycles. The molecule has 0 amide bonds. The van der Waals surface area contributed by atoms with Crippen molar-refractivity contribution in [2.45, 2.75) is 13.1 Å². The first-order valence-electron chi connectivity index (χ1n) is 3.57. The number of alkyl halides is 3. The van der Waals surface area contributed by atoms with E-state index in [0.717, 1.165) is 0 Å². The van der Waals surface area contributed by atoms with Gasteiger partial charge in [0.25, 0.3) is 0 Å². The van der Waals surface area contributed by atoms with Crippen LogP contribution in [0.1, 0.15) is 11.1 Å². The molecule has 8 heteroatoms.